The van der Waals surface area contributed by atoms with E-state index in [-0.39, 0.29) is 23.3 Å². The predicted molar refractivity (Wildman–Crippen MR) is 89.6 cm³/mol. The van der Waals surface area contributed by atoms with Crippen molar-refractivity contribution in [1.29, 1.82) is 0 Å². The highest BCUT2D eigenvalue weighted by Crippen LogP contribution is 2.33. The molecule has 1 heterocycles. The first-order valence-electron chi connectivity index (χ1n) is 7.09. The van der Waals surface area contributed by atoms with Crippen LogP contribution in [0.5, 0.6) is 0 Å². The van der Waals surface area contributed by atoms with Crippen LogP contribution in [0.1, 0.15) is 18.4 Å². The quantitative estimate of drug-likeness (QED) is 0.870. The Bertz CT molecular complexity index is 775. The van der Waals surface area contributed by atoms with Crippen LogP contribution in [0.3, 0.4) is 0 Å². The Hall–Kier alpha value is -1.21. The van der Waals surface area contributed by atoms with E-state index in [1.54, 1.807) is 30.5 Å². The summed E-state index contributed by atoms with van der Waals surface area (Å²) in [6.07, 6.45) is 3.76. The second-order valence-electron chi connectivity index (χ2n) is 5.58. The molecule has 1 unspecified atom stereocenters. The second-order valence-corrected chi connectivity index (χ2v) is 7.26. The number of benzene rings is 1. The third-order valence-corrected chi connectivity index (χ3v) is 5.52. The standard InChI is InChI=1S/C15H19N3O2S.ClH/c1-10-4-7-14(12-3-2-8-17-15(10)12)21(19,20)18-13(9-16)11-5-6-11;/h2-4,7-8,11,13,18H,5-6,9,16H2,1H3;1H. The number of aryl methyl sites for hydroxylation is 1. The predicted octanol–water partition coefficient (Wildman–Crippen LogP) is 1.98. The van der Waals surface area contributed by atoms with Gasteiger partial charge in [0.15, 0.2) is 0 Å². The minimum Gasteiger partial charge on any atom is -0.329 e. The molecular formula is C15H20ClN3O2S. The monoisotopic (exact) mass is 341 g/mol. The first-order chi connectivity index (χ1) is 10.0. The van der Waals surface area contributed by atoms with Crippen molar-refractivity contribution >= 4 is 33.3 Å². The SMILES string of the molecule is Cc1ccc(S(=O)(=O)NC(CN)C2CC2)c2cccnc12.Cl. The van der Waals surface area contributed by atoms with Gasteiger partial charge in [0.2, 0.25) is 10.0 Å². The highest BCUT2D eigenvalue weighted by Gasteiger charge is 2.33. The number of aromatic nitrogens is 1. The first kappa shape index (κ1) is 17.1. The van der Waals surface area contributed by atoms with Gasteiger partial charge in [0.25, 0.3) is 0 Å². The van der Waals surface area contributed by atoms with Crippen molar-refractivity contribution in [1.82, 2.24) is 9.71 Å². The van der Waals surface area contributed by atoms with Crippen molar-refractivity contribution in [2.75, 3.05) is 6.54 Å². The van der Waals surface area contributed by atoms with E-state index in [1.807, 2.05) is 6.92 Å². The number of rotatable bonds is 5. The summed E-state index contributed by atoms with van der Waals surface area (Å²) in [6, 6.07) is 6.80. The molecule has 5 nitrogen and oxygen atoms in total. The zero-order chi connectivity index (χ0) is 15.0. The normalized spacial score (nSPS) is 16.3. The molecule has 7 heteroatoms. The molecule has 0 radical (unpaired) electrons. The molecule has 2 aromatic rings. The van der Waals surface area contributed by atoms with E-state index in [0.717, 1.165) is 23.9 Å². The number of pyridine rings is 1. The Morgan fingerprint density at radius 2 is 2.09 bits per heavy atom. The van der Waals surface area contributed by atoms with Gasteiger partial charge in [0.05, 0.1) is 10.4 Å². The number of hydrogen-bond acceptors (Lipinski definition) is 4. The van der Waals surface area contributed by atoms with Crippen LogP contribution in [0.4, 0.5) is 0 Å². The van der Waals surface area contributed by atoms with Gasteiger partial charge in [-0.2, -0.15) is 0 Å². The molecule has 1 aromatic carbocycles. The largest absolute Gasteiger partial charge is 0.329 e. The van der Waals surface area contributed by atoms with Crippen LogP contribution < -0.4 is 10.5 Å². The lowest BCUT2D eigenvalue weighted by atomic mass is 10.1. The molecule has 0 bridgehead atoms. The van der Waals surface area contributed by atoms with Gasteiger partial charge in [0, 0.05) is 24.2 Å². The molecule has 1 aliphatic carbocycles. The molecule has 1 aromatic heterocycles. The lowest BCUT2D eigenvalue weighted by Crippen LogP contribution is -2.41. The topological polar surface area (TPSA) is 85.1 Å². The third-order valence-electron chi connectivity index (χ3n) is 3.97. The summed E-state index contributed by atoms with van der Waals surface area (Å²) in [5, 5.41) is 0.650. The van der Waals surface area contributed by atoms with E-state index in [2.05, 4.69) is 9.71 Å². The maximum absolute atomic E-state index is 12.7. The van der Waals surface area contributed by atoms with Crippen LogP contribution in [-0.2, 0) is 10.0 Å². The van der Waals surface area contributed by atoms with Gasteiger partial charge in [-0.1, -0.05) is 6.07 Å². The highest BCUT2D eigenvalue weighted by atomic mass is 35.5. The van der Waals surface area contributed by atoms with Gasteiger partial charge in [-0.25, -0.2) is 13.1 Å². The van der Waals surface area contributed by atoms with Crippen LogP contribution in [0.25, 0.3) is 10.9 Å². The molecule has 1 atom stereocenters. The smallest absolute Gasteiger partial charge is 0.241 e. The Balaban J connectivity index is 0.00000176. The summed E-state index contributed by atoms with van der Waals surface area (Å²) in [5.41, 5.74) is 7.38. The number of fused-ring (bicyclic) bond motifs is 1. The van der Waals surface area contributed by atoms with Gasteiger partial charge >= 0.3 is 0 Å². The lowest BCUT2D eigenvalue weighted by molar-refractivity contribution is 0.519. The van der Waals surface area contributed by atoms with Gasteiger partial charge in [-0.3, -0.25) is 4.98 Å². The lowest BCUT2D eigenvalue weighted by Gasteiger charge is -2.17. The molecular weight excluding hydrogens is 322 g/mol. The van der Waals surface area contributed by atoms with Crippen LogP contribution in [-0.4, -0.2) is 26.0 Å². The molecule has 1 saturated carbocycles. The Morgan fingerprint density at radius 3 is 2.73 bits per heavy atom. The fourth-order valence-electron chi connectivity index (χ4n) is 2.62. The average molecular weight is 342 g/mol. The molecule has 1 fully saturated rings. The van der Waals surface area contributed by atoms with Crippen molar-refractivity contribution < 1.29 is 8.42 Å². The minimum atomic E-state index is -3.59. The number of sulfonamides is 1. The molecule has 1 aliphatic rings. The zero-order valence-electron chi connectivity index (χ0n) is 12.3. The highest BCUT2D eigenvalue weighted by molar-refractivity contribution is 7.89. The fourth-order valence-corrected chi connectivity index (χ4v) is 4.14. The summed E-state index contributed by atoms with van der Waals surface area (Å²) >= 11 is 0. The van der Waals surface area contributed by atoms with E-state index in [4.69, 9.17) is 5.73 Å². The molecule has 120 valence electrons. The summed E-state index contributed by atoms with van der Waals surface area (Å²) in [4.78, 5) is 4.56. The van der Waals surface area contributed by atoms with Crippen molar-refractivity contribution in [3.8, 4) is 0 Å². The molecule has 0 saturated heterocycles. The van der Waals surface area contributed by atoms with Crippen molar-refractivity contribution in [3.63, 3.8) is 0 Å². The van der Waals surface area contributed by atoms with Crippen LogP contribution >= 0.6 is 12.4 Å². The molecule has 0 amide bonds. The van der Waals surface area contributed by atoms with Gasteiger partial charge in [0.1, 0.15) is 0 Å². The maximum atomic E-state index is 12.7. The Kier molecular flexibility index (Phi) is 5.07. The number of nitrogens with one attached hydrogen (secondary N) is 1. The maximum Gasteiger partial charge on any atom is 0.241 e. The average Bonchev–Trinajstić information content (AvgIpc) is 3.30. The summed E-state index contributed by atoms with van der Waals surface area (Å²) in [5.74, 6) is 0.375. The van der Waals surface area contributed by atoms with Gasteiger partial charge in [-0.15, -0.1) is 12.4 Å². The number of nitrogens with zero attached hydrogens (tertiary/aromatic N) is 1. The zero-order valence-corrected chi connectivity index (χ0v) is 14.0. The molecule has 0 aliphatic heterocycles. The van der Waals surface area contributed by atoms with Crippen LogP contribution in [0.15, 0.2) is 35.4 Å². The molecule has 3 N–H and O–H groups in total. The van der Waals surface area contributed by atoms with Crippen LogP contribution in [0, 0.1) is 12.8 Å². The number of halogens is 1. The van der Waals surface area contributed by atoms with E-state index >= 15 is 0 Å². The third kappa shape index (κ3) is 3.25. The van der Waals surface area contributed by atoms with E-state index < -0.39 is 10.0 Å². The molecule has 22 heavy (non-hydrogen) atoms. The summed E-state index contributed by atoms with van der Waals surface area (Å²) in [7, 11) is -3.59. The fraction of sp³-hybridized carbons (Fsp3) is 0.400. The number of hydrogen-bond donors (Lipinski definition) is 2. The Labute approximate surface area is 136 Å². The summed E-state index contributed by atoms with van der Waals surface area (Å²) < 4.78 is 28.1. The number of nitrogens with two attached hydrogens (primary N) is 1. The van der Waals surface area contributed by atoms with Gasteiger partial charge < -0.3 is 5.73 Å². The van der Waals surface area contributed by atoms with Crippen LogP contribution in [0.2, 0.25) is 0 Å². The second kappa shape index (κ2) is 6.50. The Morgan fingerprint density at radius 1 is 1.36 bits per heavy atom. The van der Waals surface area contributed by atoms with E-state index in [1.165, 1.54) is 0 Å². The summed E-state index contributed by atoms with van der Waals surface area (Å²) in [6.45, 7) is 2.25. The first-order valence-corrected chi connectivity index (χ1v) is 8.58. The van der Waals surface area contributed by atoms with Crippen molar-refractivity contribution in [2.24, 2.45) is 11.7 Å². The van der Waals surface area contributed by atoms with E-state index in [0.29, 0.717) is 17.8 Å². The van der Waals surface area contributed by atoms with E-state index in [9.17, 15) is 8.42 Å². The molecule has 0 spiro atoms. The minimum absolute atomic E-state index is 0. The molecule has 3 rings (SSSR count). The van der Waals surface area contributed by atoms with Gasteiger partial charge in [-0.05, 0) is 49.4 Å². The van der Waals surface area contributed by atoms with Crippen molar-refractivity contribution in [2.45, 2.75) is 30.7 Å². The van der Waals surface area contributed by atoms with Crippen molar-refractivity contribution in [3.05, 3.63) is 36.0 Å².